The maximum absolute atomic E-state index is 12.5. The van der Waals surface area contributed by atoms with Gasteiger partial charge in [-0.3, -0.25) is 4.79 Å². The first-order chi connectivity index (χ1) is 10.7. The zero-order valence-corrected chi connectivity index (χ0v) is 15.2. The lowest BCUT2D eigenvalue weighted by Gasteiger charge is -2.32. The van der Waals surface area contributed by atoms with E-state index in [4.69, 9.17) is 0 Å². The number of hydrogen-bond acceptors (Lipinski definition) is 2. The van der Waals surface area contributed by atoms with Crippen molar-refractivity contribution in [3.63, 3.8) is 0 Å². The fourth-order valence-corrected chi connectivity index (χ4v) is 2.62. The van der Waals surface area contributed by atoms with Gasteiger partial charge in [0.25, 0.3) is 5.91 Å². The highest BCUT2D eigenvalue weighted by molar-refractivity contribution is 5.99. The monoisotopic (exact) mass is 306 g/mol. The maximum Gasteiger partial charge on any atom is 0.254 e. The van der Waals surface area contributed by atoms with Crippen LogP contribution in [0.15, 0.2) is 36.0 Å². The molecule has 3 heteroatoms. The largest absolute Gasteiger partial charge is 0.337 e. The average Bonchev–Trinajstić information content (AvgIpc) is 2.56. The van der Waals surface area contributed by atoms with Crippen LogP contribution in [0.1, 0.15) is 47.5 Å². The molecule has 3 nitrogen and oxygen atoms in total. The molecule has 0 atom stereocenters. The number of rotatable bonds is 7. The lowest BCUT2D eigenvalue weighted by atomic mass is 9.96. The van der Waals surface area contributed by atoms with Crippen molar-refractivity contribution in [1.29, 1.82) is 0 Å². The fourth-order valence-electron chi connectivity index (χ4n) is 2.62. The Hall–Kier alpha value is -1.35. The Kier molecular flexibility index (Phi) is 11.5. The quantitative estimate of drug-likeness (QED) is 0.663. The lowest BCUT2D eigenvalue weighted by molar-refractivity contribution is -0.128. The standard InChI is InChI=1S/C17H28N2O.C2H6/c1-5-9-16-15(7-3)10-12-19(17(16)20)14-13-18(8-4)11-6-2;1-2/h5,7,9H,1,6,8,10-14H2,2-4H3;1-2H3/b15-7-,16-9+;. The van der Waals surface area contributed by atoms with E-state index < -0.39 is 0 Å². The van der Waals surface area contributed by atoms with Crippen LogP contribution in [0.2, 0.25) is 0 Å². The predicted octanol–water partition coefficient (Wildman–Crippen LogP) is 4.04. The Labute approximate surface area is 137 Å². The fraction of sp³-hybridized carbons (Fsp3) is 0.632. The number of hydrogen-bond donors (Lipinski definition) is 0. The first kappa shape index (κ1) is 20.6. The number of likely N-dealkylation sites (N-methyl/N-ethyl adjacent to an activating group) is 1. The van der Waals surface area contributed by atoms with E-state index in [9.17, 15) is 4.79 Å². The molecule has 1 amide bonds. The van der Waals surface area contributed by atoms with Crippen molar-refractivity contribution in [2.75, 3.05) is 32.7 Å². The third kappa shape index (κ3) is 6.18. The molecule has 0 aromatic rings. The molecule has 0 saturated carbocycles. The summed E-state index contributed by atoms with van der Waals surface area (Å²) in [5, 5.41) is 0. The molecule has 0 N–H and O–H groups in total. The topological polar surface area (TPSA) is 23.6 Å². The van der Waals surface area contributed by atoms with Crippen LogP contribution in [0.3, 0.4) is 0 Å². The highest BCUT2D eigenvalue weighted by Crippen LogP contribution is 2.23. The Bertz CT molecular complexity index is 396. The van der Waals surface area contributed by atoms with Crippen LogP contribution in [0, 0.1) is 0 Å². The summed E-state index contributed by atoms with van der Waals surface area (Å²) in [7, 11) is 0. The molecule has 1 aliphatic rings. The SMILES string of the molecule is C=C/C=C1/C(=O)N(CCN(CC)CCC)CC/C1=C/C.CC. The summed E-state index contributed by atoms with van der Waals surface area (Å²) in [6.45, 7) is 18.8. The van der Waals surface area contributed by atoms with Gasteiger partial charge in [0, 0.05) is 25.2 Å². The summed E-state index contributed by atoms with van der Waals surface area (Å²) in [5.74, 6) is 0.150. The predicted molar refractivity (Wildman–Crippen MR) is 97.0 cm³/mol. The van der Waals surface area contributed by atoms with E-state index in [-0.39, 0.29) is 5.91 Å². The summed E-state index contributed by atoms with van der Waals surface area (Å²) < 4.78 is 0. The van der Waals surface area contributed by atoms with Crippen LogP contribution in [0.4, 0.5) is 0 Å². The Balaban J connectivity index is 0.00000211. The van der Waals surface area contributed by atoms with E-state index in [1.165, 1.54) is 0 Å². The van der Waals surface area contributed by atoms with Crippen molar-refractivity contribution in [1.82, 2.24) is 9.80 Å². The minimum Gasteiger partial charge on any atom is -0.337 e. The minimum absolute atomic E-state index is 0.150. The number of carbonyl (C=O) groups excluding carboxylic acids is 1. The highest BCUT2D eigenvalue weighted by Gasteiger charge is 2.25. The van der Waals surface area contributed by atoms with Crippen molar-refractivity contribution in [3.05, 3.63) is 36.0 Å². The Morgan fingerprint density at radius 3 is 2.45 bits per heavy atom. The molecule has 22 heavy (non-hydrogen) atoms. The van der Waals surface area contributed by atoms with Gasteiger partial charge in [-0.05, 0) is 44.5 Å². The number of allylic oxidation sites excluding steroid dienone is 3. The van der Waals surface area contributed by atoms with Gasteiger partial charge in [-0.2, -0.15) is 0 Å². The molecular weight excluding hydrogens is 272 g/mol. The molecule has 0 aromatic carbocycles. The van der Waals surface area contributed by atoms with Gasteiger partial charge in [0.15, 0.2) is 0 Å². The van der Waals surface area contributed by atoms with Crippen LogP contribution < -0.4 is 0 Å². The zero-order valence-electron chi connectivity index (χ0n) is 15.2. The Morgan fingerprint density at radius 2 is 1.95 bits per heavy atom. The zero-order chi connectivity index (χ0) is 17.0. The van der Waals surface area contributed by atoms with Crippen molar-refractivity contribution in [2.45, 2.75) is 47.5 Å². The number of amides is 1. The van der Waals surface area contributed by atoms with Crippen molar-refractivity contribution < 1.29 is 4.79 Å². The lowest BCUT2D eigenvalue weighted by Crippen LogP contribution is -2.43. The van der Waals surface area contributed by atoms with E-state index in [1.54, 1.807) is 6.08 Å². The van der Waals surface area contributed by atoms with E-state index >= 15 is 0 Å². The number of piperidine rings is 1. The van der Waals surface area contributed by atoms with Crippen LogP contribution >= 0.6 is 0 Å². The van der Waals surface area contributed by atoms with Crippen LogP contribution in [-0.4, -0.2) is 48.4 Å². The molecule has 0 aliphatic carbocycles. The van der Waals surface area contributed by atoms with E-state index in [2.05, 4.69) is 25.3 Å². The third-order valence-corrected chi connectivity index (χ3v) is 3.82. The van der Waals surface area contributed by atoms with Crippen LogP contribution in [0.25, 0.3) is 0 Å². The maximum atomic E-state index is 12.5. The Morgan fingerprint density at radius 1 is 1.27 bits per heavy atom. The molecule has 0 aromatic heterocycles. The molecule has 1 rings (SSSR count). The molecule has 1 saturated heterocycles. The number of likely N-dealkylation sites (tertiary alicyclic amines) is 1. The van der Waals surface area contributed by atoms with Gasteiger partial charge in [-0.25, -0.2) is 0 Å². The van der Waals surface area contributed by atoms with Gasteiger partial charge in [-0.1, -0.05) is 46.4 Å². The first-order valence-electron chi connectivity index (χ1n) is 8.67. The molecule has 1 fully saturated rings. The molecule has 1 aliphatic heterocycles. The molecule has 1 heterocycles. The van der Waals surface area contributed by atoms with Crippen molar-refractivity contribution >= 4 is 5.91 Å². The molecule has 0 unspecified atom stereocenters. The first-order valence-corrected chi connectivity index (χ1v) is 8.67. The van der Waals surface area contributed by atoms with E-state index in [0.717, 1.165) is 56.7 Å². The molecular formula is C19H34N2O. The second-order valence-electron chi connectivity index (χ2n) is 5.11. The normalized spacial score (nSPS) is 18.6. The average molecular weight is 306 g/mol. The summed E-state index contributed by atoms with van der Waals surface area (Å²) >= 11 is 0. The number of nitrogens with zero attached hydrogens (tertiary/aromatic N) is 2. The smallest absolute Gasteiger partial charge is 0.254 e. The van der Waals surface area contributed by atoms with Crippen LogP contribution in [0.5, 0.6) is 0 Å². The third-order valence-electron chi connectivity index (χ3n) is 3.82. The van der Waals surface area contributed by atoms with Crippen molar-refractivity contribution in [2.24, 2.45) is 0 Å². The van der Waals surface area contributed by atoms with Gasteiger partial charge in [0.05, 0.1) is 0 Å². The molecule has 0 spiro atoms. The summed E-state index contributed by atoms with van der Waals surface area (Å²) in [6, 6.07) is 0. The van der Waals surface area contributed by atoms with E-state index in [0.29, 0.717) is 0 Å². The minimum atomic E-state index is 0.150. The summed E-state index contributed by atoms with van der Waals surface area (Å²) in [4.78, 5) is 16.9. The summed E-state index contributed by atoms with van der Waals surface area (Å²) in [5.41, 5.74) is 1.96. The van der Waals surface area contributed by atoms with Crippen LogP contribution in [-0.2, 0) is 4.79 Å². The molecule has 126 valence electrons. The van der Waals surface area contributed by atoms with Gasteiger partial charge in [0.2, 0.25) is 0 Å². The van der Waals surface area contributed by atoms with Gasteiger partial charge >= 0.3 is 0 Å². The second kappa shape index (κ2) is 12.2. The highest BCUT2D eigenvalue weighted by atomic mass is 16.2. The second-order valence-corrected chi connectivity index (χ2v) is 5.11. The van der Waals surface area contributed by atoms with E-state index in [1.807, 2.05) is 37.8 Å². The van der Waals surface area contributed by atoms with Gasteiger partial charge in [-0.15, -0.1) is 0 Å². The van der Waals surface area contributed by atoms with Crippen molar-refractivity contribution in [3.8, 4) is 0 Å². The van der Waals surface area contributed by atoms with Gasteiger partial charge < -0.3 is 9.80 Å². The molecule has 0 bridgehead atoms. The number of carbonyl (C=O) groups is 1. The molecule has 0 radical (unpaired) electrons. The van der Waals surface area contributed by atoms with Gasteiger partial charge in [0.1, 0.15) is 0 Å². The summed E-state index contributed by atoms with van der Waals surface area (Å²) in [6.07, 6.45) is 7.69.